The number of nitro benzene ring substituents is 1. The van der Waals surface area contributed by atoms with Crippen LogP contribution in [0.2, 0.25) is 0 Å². The van der Waals surface area contributed by atoms with E-state index in [0.717, 1.165) is 11.8 Å². The minimum absolute atomic E-state index is 0.00221. The number of thioether (sulfide) groups is 1. The van der Waals surface area contributed by atoms with Crippen LogP contribution in [0.1, 0.15) is 5.76 Å². The van der Waals surface area contributed by atoms with Gasteiger partial charge in [0.05, 0.1) is 15.5 Å². The van der Waals surface area contributed by atoms with Gasteiger partial charge in [-0.3, -0.25) is 14.9 Å². The number of amides is 1. The lowest BCUT2D eigenvalue weighted by Crippen LogP contribution is -2.18. The number of rotatable bonds is 4. The summed E-state index contributed by atoms with van der Waals surface area (Å²) < 4.78 is 5.79. The first-order valence-electron chi connectivity index (χ1n) is 8.41. The lowest BCUT2D eigenvalue weighted by molar-refractivity contribution is -0.384. The Labute approximate surface area is 168 Å². The molecule has 8 nitrogen and oxygen atoms in total. The van der Waals surface area contributed by atoms with Crippen molar-refractivity contribution in [2.75, 3.05) is 0 Å². The maximum atomic E-state index is 11.8. The number of carbonyl (C=O) groups excluding carboxylic acids is 1. The number of nitro groups is 1. The van der Waals surface area contributed by atoms with Crippen molar-refractivity contribution in [3.63, 3.8) is 0 Å². The normalized spacial score (nSPS) is 16.3. The van der Waals surface area contributed by atoms with E-state index >= 15 is 0 Å². The van der Waals surface area contributed by atoms with Gasteiger partial charge in [0.2, 0.25) is 0 Å². The predicted octanol–water partition coefficient (Wildman–Crippen LogP) is 5.09. The monoisotopic (exact) mass is 407 g/mol. The second kappa shape index (κ2) is 7.64. The number of nitrogens with one attached hydrogen (secondary N) is 1. The summed E-state index contributed by atoms with van der Waals surface area (Å²) in [6.45, 7) is 0. The van der Waals surface area contributed by atoms with Gasteiger partial charge < -0.3 is 14.8 Å². The van der Waals surface area contributed by atoms with Crippen LogP contribution in [0, 0.1) is 10.1 Å². The van der Waals surface area contributed by atoms with E-state index in [0.29, 0.717) is 33.5 Å². The Bertz CT molecular complexity index is 1160. The van der Waals surface area contributed by atoms with Crippen molar-refractivity contribution < 1.29 is 19.2 Å². The Hall–Kier alpha value is -3.85. The Kier molecular flexibility index (Phi) is 4.88. The zero-order chi connectivity index (χ0) is 20.4. The SMILES string of the molecule is O=C1NC(=Nc2cccc(O)c2)C(=Cc2ccc(-c3ccc([N+](=O)[O-])cc3)o2)S1. The molecular formula is C20H13N3O5S. The lowest BCUT2D eigenvalue weighted by atomic mass is 10.1. The molecule has 144 valence electrons. The van der Waals surface area contributed by atoms with Crippen LogP contribution >= 0.6 is 11.8 Å². The molecule has 1 aliphatic heterocycles. The van der Waals surface area contributed by atoms with Gasteiger partial charge in [-0.15, -0.1) is 0 Å². The van der Waals surface area contributed by atoms with Crippen molar-refractivity contribution in [3.05, 3.63) is 81.4 Å². The van der Waals surface area contributed by atoms with Crippen molar-refractivity contribution >= 4 is 40.3 Å². The molecule has 3 aromatic rings. The van der Waals surface area contributed by atoms with Gasteiger partial charge in [0.15, 0.2) is 0 Å². The van der Waals surface area contributed by atoms with Crippen molar-refractivity contribution in [3.8, 4) is 17.1 Å². The molecule has 1 fully saturated rings. The maximum absolute atomic E-state index is 11.8. The zero-order valence-electron chi connectivity index (χ0n) is 14.7. The van der Waals surface area contributed by atoms with Gasteiger partial charge in [0.25, 0.3) is 10.9 Å². The van der Waals surface area contributed by atoms with Crippen molar-refractivity contribution in [2.24, 2.45) is 4.99 Å². The quantitative estimate of drug-likeness (QED) is 0.459. The Morgan fingerprint density at radius 2 is 1.93 bits per heavy atom. The van der Waals surface area contributed by atoms with Crippen molar-refractivity contribution in [2.45, 2.75) is 0 Å². The van der Waals surface area contributed by atoms with Crippen LogP contribution in [0.15, 0.2) is 75.0 Å². The van der Waals surface area contributed by atoms with E-state index in [1.165, 1.54) is 24.3 Å². The largest absolute Gasteiger partial charge is 0.508 e. The summed E-state index contributed by atoms with van der Waals surface area (Å²) >= 11 is 0.985. The van der Waals surface area contributed by atoms with E-state index in [1.807, 2.05) is 0 Å². The summed E-state index contributed by atoms with van der Waals surface area (Å²) in [6.07, 6.45) is 1.68. The molecule has 9 heteroatoms. The van der Waals surface area contributed by atoms with Crippen LogP contribution in [0.5, 0.6) is 5.75 Å². The fourth-order valence-electron chi connectivity index (χ4n) is 2.67. The number of hydrogen-bond acceptors (Lipinski definition) is 7. The number of amidine groups is 1. The molecule has 1 saturated heterocycles. The number of phenolic OH excluding ortho intramolecular Hbond substituents is 1. The molecule has 0 aliphatic carbocycles. The number of nitrogens with zero attached hydrogens (tertiary/aromatic N) is 2. The van der Waals surface area contributed by atoms with Gasteiger partial charge in [-0.1, -0.05) is 6.07 Å². The number of benzene rings is 2. The van der Waals surface area contributed by atoms with Crippen LogP contribution in [0.3, 0.4) is 0 Å². The smallest absolute Gasteiger partial charge is 0.289 e. The van der Waals surface area contributed by atoms with E-state index in [4.69, 9.17) is 4.42 Å². The van der Waals surface area contributed by atoms with E-state index in [1.54, 1.807) is 42.5 Å². The molecule has 29 heavy (non-hydrogen) atoms. The van der Waals surface area contributed by atoms with Gasteiger partial charge in [-0.2, -0.15) is 0 Å². The molecule has 0 unspecified atom stereocenters. The van der Waals surface area contributed by atoms with Gasteiger partial charge >= 0.3 is 0 Å². The van der Waals surface area contributed by atoms with Crippen LogP contribution in [-0.4, -0.2) is 21.1 Å². The van der Waals surface area contributed by atoms with Gasteiger partial charge in [-0.05, 0) is 54.2 Å². The van der Waals surface area contributed by atoms with E-state index in [-0.39, 0.29) is 16.7 Å². The minimum atomic E-state index is -0.462. The lowest BCUT2D eigenvalue weighted by Gasteiger charge is -2.00. The number of aromatic hydroxyl groups is 1. The maximum Gasteiger partial charge on any atom is 0.289 e. The molecule has 4 rings (SSSR count). The molecule has 0 saturated carbocycles. The zero-order valence-corrected chi connectivity index (χ0v) is 15.6. The molecule has 0 bridgehead atoms. The Morgan fingerprint density at radius 1 is 1.14 bits per heavy atom. The molecule has 0 spiro atoms. The average molecular weight is 407 g/mol. The third-order valence-corrected chi connectivity index (χ3v) is 4.81. The highest BCUT2D eigenvalue weighted by Gasteiger charge is 2.24. The summed E-state index contributed by atoms with van der Waals surface area (Å²) in [5.74, 6) is 1.48. The van der Waals surface area contributed by atoms with Gasteiger partial charge in [-0.25, -0.2) is 4.99 Å². The number of hydrogen-bond donors (Lipinski definition) is 2. The predicted molar refractivity (Wildman–Crippen MR) is 110 cm³/mol. The highest BCUT2D eigenvalue weighted by molar-refractivity contribution is 8.18. The molecule has 2 N–H and O–H groups in total. The molecule has 2 aromatic carbocycles. The molecule has 1 aliphatic rings. The summed E-state index contributed by atoms with van der Waals surface area (Å²) in [5, 5.41) is 22.7. The number of aliphatic imine (C=N–C) groups is 1. The van der Waals surface area contributed by atoms with Crippen molar-refractivity contribution in [1.82, 2.24) is 5.32 Å². The minimum Gasteiger partial charge on any atom is -0.508 e. The fraction of sp³-hybridized carbons (Fsp3) is 0. The number of non-ortho nitro benzene ring substituents is 1. The average Bonchev–Trinajstić information content (AvgIpc) is 3.29. The van der Waals surface area contributed by atoms with E-state index in [2.05, 4.69) is 10.3 Å². The molecule has 0 atom stereocenters. The summed E-state index contributed by atoms with van der Waals surface area (Å²) in [5.41, 5.74) is 1.20. The topological polar surface area (TPSA) is 118 Å². The van der Waals surface area contributed by atoms with Crippen LogP contribution in [-0.2, 0) is 0 Å². The molecule has 2 heterocycles. The Morgan fingerprint density at radius 3 is 2.66 bits per heavy atom. The second-order valence-electron chi connectivity index (χ2n) is 6.01. The standard InChI is InChI=1S/C20H13N3O5S/c24-15-3-1-2-13(10-15)21-19-18(29-20(25)22-19)11-16-8-9-17(28-16)12-4-6-14(7-5-12)23(26)27/h1-11,24H,(H,21,22,25). The van der Waals surface area contributed by atoms with Gasteiger partial charge in [0, 0.05) is 23.8 Å². The molecular weight excluding hydrogens is 394 g/mol. The third kappa shape index (κ3) is 4.19. The molecule has 0 radical (unpaired) electrons. The Balaban J connectivity index is 1.61. The summed E-state index contributed by atoms with van der Waals surface area (Å²) in [4.78, 5) is 27.1. The van der Waals surface area contributed by atoms with Crippen LogP contribution < -0.4 is 5.32 Å². The first kappa shape index (κ1) is 18.5. The highest BCUT2D eigenvalue weighted by atomic mass is 32.2. The van der Waals surface area contributed by atoms with Crippen LogP contribution in [0.4, 0.5) is 16.2 Å². The first-order chi connectivity index (χ1) is 14.0. The summed E-state index contributed by atoms with van der Waals surface area (Å²) in [6, 6.07) is 15.9. The third-order valence-electron chi connectivity index (χ3n) is 3.99. The molecule has 1 aromatic heterocycles. The highest BCUT2D eigenvalue weighted by Crippen LogP contribution is 2.31. The number of furan rings is 1. The van der Waals surface area contributed by atoms with E-state index < -0.39 is 4.92 Å². The van der Waals surface area contributed by atoms with Gasteiger partial charge in [0.1, 0.15) is 23.1 Å². The summed E-state index contributed by atoms with van der Waals surface area (Å²) in [7, 11) is 0. The van der Waals surface area contributed by atoms with Crippen LogP contribution in [0.25, 0.3) is 17.4 Å². The second-order valence-corrected chi connectivity index (χ2v) is 7.02. The number of phenols is 1. The fourth-order valence-corrected chi connectivity index (χ4v) is 3.38. The van der Waals surface area contributed by atoms with Crippen molar-refractivity contribution in [1.29, 1.82) is 0 Å². The van der Waals surface area contributed by atoms with E-state index in [9.17, 15) is 20.0 Å². The first-order valence-corrected chi connectivity index (χ1v) is 9.23. The number of carbonyl (C=O) groups is 1. The molecule has 1 amide bonds.